The van der Waals surface area contributed by atoms with Crippen LogP contribution in [0, 0.1) is 5.92 Å². The third-order valence-electron chi connectivity index (χ3n) is 1.97. The molecular weight excluding hydrogens is 149 g/mol. The molecule has 3 nitrogen and oxygen atoms in total. The lowest BCUT2D eigenvalue weighted by Gasteiger charge is -2.07. The number of nitrogens with two attached hydrogens (primary N) is 1. The van der Waals surface area contributed by atoms with Gasteiger partial charge in [-0.3, -0.25) is 4.79 Å². The lowest BCUT2D eigenvalue weighted by molar-refractivity contribution is -0.141. The van der Waals surface area contributed by atoms with Gasteiger partial charge in [-0.05, 0) is 18.4 Å². The second kappa shape index (κ2) is 3.00. The van der Waals surface area contributed by atoms with Crippen molar-refractivity contribution in [1.29, 1.82) is 0 Å². The summed E-state index contributed by atoms with van der Waals surface area (Å²) in [5.41, 5.74) is 5.96. The molecule has 0 bridgehead atoms. The standard InChI is InChI=1S/C7H10FNO2/c8-3-4-1-5(7(10)11)6(9)2-4/h3,5-6H,1-2,9H2,(H,10,11)/b4-3-. The number of carboxylic acids is 1. The number of rotatable bonds is 1. The molecule has 2 unspecified atom stereocenters. The van der Waals surface area contributed by atoms with Gasteiger partial charge in [0.1, 0.15) is 0 Å². The summed E-state index contributed by atoms with van der Waals surface area (Å²) in [5, 5.41) is 8.57. The van der Waals surface area contributed by atoms with E-state index in [1.165, 1.54) is 0 Å². The van der Waals surface area contributed by atoms with Gasteiger partial charge in [0, 0.05) is 6.04 Å². The van der Waals surface area contributed by atoms with Crippen LogP contribution in [0.15, 0.2) is 11.9 Å². The number of halogens is 1. The molecule has 4 heteroatoms. The highest BCUT2D eigenvalue weighted by Crippen LogP contribution is 2.29. The van der Waals surface area contributed by atoms with Crippen molar-refractivity contribution < 1.29 is 14.3 Å². The van der Waals surface area contributed by atoms with E-state index < -0.39 is 17.9 Å². The van der Waals surface area contributed by atoms with E-state index in [9.17, 15) is 9.18 Å². The molecule has 0 aromatic heterocycles. The summed E-state index contributed by atoms with van der Waals surface area (Å²) < 4.78 is 11.9. The van der Waals surface area contributed by atoms with Gasteiger partial charge in [0.2, 0.25) is 0 Å². The molecular formula is C7H10FNO2. The lowest BCUT2D eigenvalue weighted by Crippen LogP contribution is -2.30. The van der Waals surface area contributed by atoms with Gasteiger partial charge in [-0.1, -0.05) is 0 Å². The Kier molecular flexibility index (Phi) is 2.24. The summed E-state index contributed by atoms with van der Waals surface area (Å²) in [6, 6.07) is -0.422. The van der Waals surface area contributed by atoms with Gasteiger partial charge < -0.3 is 10.8 Å². The monoisotopic (exact) mass is 159 g/mol. The maximum absolute atomic E-state index is 11.9. The largest absolute Gasteiger partial charge is 0.481 e. The number of carbonyl (C=O) groups is 1. The number of hydrogen-bond acceptors (Lipinski definition) is 2. The summed E-state index contributed by atoms with van der Waals surface area (Å²) >= 11 is 0. The third kappa shape index (κ3) is 1.57. The number of carboxylic acid groups (broad SMARTS) is 1. The van der Waals surface area contributed by atoms with Crippen molar-refractivity contribution in [2.75, 3.05) is 0 Å². The Bertz CT molecular complexity index is 203. The molecule has 1 aliphatic rings. The molecule has 62 valence electrons. The van der Waals surface area contributed by atoms with E-state index in [0.29, 0.717) is 18.3 Å². The number of hydrogen-bond donors (Lipinski definition) is 2. The van der Waals surface area contributed by atoms with Gasteiger partial charge >= 0.3 is 5.97 Å². The molecule has 1 rings (SSSR count). The maximum atomic E-state index is 11.9. The minimum Gasteiger partial charge on any atom is -0.481 e. The molecule has 0 aromatic rings. The van der Waals surface area contributed by atoms with Crippen LogP contribution in [0.4, 0.5) is 4.39 Å². The molecule has 1 aliphatic carbocycles. The molecule has 0 amide bonds. The molecule has 0 aromatic carbocycles. The first-order chi connectivity index (χ1) is 5.15. The lowest BCUT2D eigenvalue weighted by atomic mass is 10.1. The van der Waals surface area contributed by atoms with E-state index in [1.807, 2.05) is 0 Å². The minimum atomic E-state index is -0.936. The van der Waals surface area contributed by atoms with Crippen LogP contribution in [-0.2, 0) is 4.79 Å². The fraction of sp³-hybridized carbons (Fsp3) is 0.571. The van der Waals surface area contributed by atoms with Crippen molar-refractivity contribution in [3.05, 3.63) is 11.9 Å². The smallest absolute Gasteiger partial charge is 0.308 e. The van der Waals surface area contributed by atoms with E-state index in [1.54, 1.807) is 0 Å². The molecule has 3 N–H and O–H groups in total. The van der Waals surface area contributed by atoms with E-state index in [-0.39, 0.29) is 6.42 Å². The maximum Gasteiger partial charge on any atom is 0.308 e. The van der Waals surface area contributed by atoms with Gasteiger partial charge in [-0.15, -0.1) is 0 Å². The molecule has 0 spiro atoms. The zero-order chi connectivity index (χ0) is 8.43. The van der Waals surface area contributed by atoms with E-state index >= 15 is 0 Å². The fourth-order valence-electron chi connectivity index (χ4n) is 1.32. The Morgan fingerprint density at radius 2 is 2.36 bits per heavy atom. The Morgan fingerprint density at radius 1 is 1.73 bits per heavy atom. The van der Waals surface area contributed by atoms with Crippen LogP contribution < -0.4 is 5.73 Å². The van der Waals surface area contributed by atoms with Gasteiger partial charge in [-0.25, -0.2) is 4.39 Å². The highest BCUT2D eigenvalue weighted by Gasteiger charge is 2.33. The molecule has 0 saturated heterocycles. The number of aliphatic carboxylic acids is 1. The molecule has 1 fully saturated rings. The average molecular weight is 159 g/mol. The summed E-state index contributed by atoms with van der Waals surface area (Å²) in [4.78, 5) is 10.4. The van der Waals surface area contributed by atoms with Crippen molar-refractivity contribution >= 4 is 5.97 Å². The van der Waals surface area contributed by atoms with Gasteiger partial charge in [0.25, 0.3) is 0 Å². The van der Waals surface area contributed by atoms with Crippen LogP contribution in [0.5, 0.6) is 0 Å². The first-order valence-electron chi connectivity index (χ1n) is 3.41. The molecule has 1 saturated carbocycles. The molecule has 11 heavy (non-hydrogen) atoms. The van der Waals surface area contributed by atoms with E-state index in [4.69, 9.17) is 10.8 Å². The van der Waals surface area contributed by atoms with E-state index in [0.717, 1.165) is 0 Å². The SMILES string of the molecule is NC1C/C(=C\F)CC1C(=O)O. The molecule has 2 atom stereocenters. The Hall–Kier alpha value is -0.900. The third-order valence-corrected chi connectivity index (χ3v) is 1.97. The highest BCUT2D eigenvalue weighted by molar-refractivity contribution is 5.72. The zero-order valence-electron chi connectivity index (χ0n) is 5.96. The molecule has 0 heterocycles. The van der Waals surface area contributed by atoms with Crippen LogP contribution in [-0.4, -0.2) is 17.1 Å². The normalized spacial score (nSPS) is 34.5. The first kappa shape index (κ1) is 8.20. The van der Waals surface area contributed by atoms with Crippen molar-refractivity contribution in [2.45, 2.75) is 18.9 Å². The molecule has 0 radical (unpaired) electrons. The van der Waals surface area contributed by atoms with Gasteiger partial charge in [0.05, 0.1) is 12.2 Å². The fourth-order valence-corrected chi connectivity index (χ4v) is 1.32. The average Bonchev–Trinajstić information content (AvgIpc) is 2.30. The Labute approximate surface area is 63.7 Å². The van der Waals surface area contributed by atoms with Crippen LogP contribution in [0.2, 0.25) is 0 Å². The van der Waals surface area contributed by atoms with Crippen LogP contribution >= 0.6 is 0 Å². The van der Waals surface area contributed by atoms with Gasteiger partial charge in [-0.2, -0.15) is 0 Å². The highest BCUT2D eigenvalue weighted by atomic mass is 19.1. The topological polar surface area (TPSA) is 63.3 Å². The predicted molar refractivity (Wildman–Crippen MR) is 37.5 cm³/mol. The van der Waals surface area contributed by atoms with Crippen LogP contribution in [0.3, 0.4) is 0 Å². The molecule has 0 aliphatic heterocycles. The summed E-state index contributed by atoms with van der Waals surface area (Å²) in [6.07, 6.45) is 1.09. The van der Waals surface area contributed by atoms with Crippen molar-refractivity contribution in [1.82, 2.24) is 0 Å². The van der Waals surface area contributed by atoms with Crippen molar-refractivity contribution in [3.63, 3.8) is 0 Å². The van der Waals surface area contributed by atoms with Crippen LogP contribution in [0.25, 0.3) is 0 Å². The minimum absolute atomic E-state index is 0.257. The first-order valence-corrected chi connectivity index (χ1v) is 3.41. The summed E-state index contributed by atoms with van der Waals surface area (Å²) in [7, 11) is 0. The van der Waals surface area contributed by atoms with Crippen molar-refractivity contribution in [2.24, 2.45) is 11.7 Å². The van der Waals surface area contributed by atoms with Crippen LogP contribution in [0.1, 0.15) is 12.8 Å². The summed E-state index contributed by atoms with van der Waals surface area (Å²) in [6.45, 7) is 0. The zero-order valence-corrected chi connectivity index (χ0v) is 5.96. The van der Waals surface area contributed by atoms with Gasteiger partial charge in [0.15, 0.2) is 0 Å². The Morgan fingerprint density at radius 3 is 2.64 bits per heavy atom. The Balaban J connectivity index is 2.66. The quantitative estimate of drug-likeness (QED) is 0.590. The predicted octanol–water partition coefficient (Wildman–Crippen LogP) is 0.662. The second-order valence-electron chi connectivity index (χ2n) is 2.78. The second-order valence-corrected chi connectivity index (χ2v) is 2.78. The summed E-state index contributed by atoms with van der Waals surface area (Å²) in [5.74, 6) is -1.54. The van der Waals surface area contributed by atoms with E-state index in [2.05, 4.69) is 0 Å². The van der Waals surface area contributed by atoms with Crippen molar-refractivity contribution in [3.8, 4) is 0 Å².